The first-order valence-electron chi connectivity index (χ1n) is 5.24. The highest BCUT2D eigenvalue weighted by Crippen LogP contribution is 2.07. The third-order valence-electron chi connectivity index (χ3n) is 2.53. The summed E-state index contributed by atoms with van der Waals surface area (Å²) in [6.07, 6.45) is 0.398. The number of amides is 2. The normalized spacial score (nSPS) is 19.5. The zero-order valence-corrected chi connectivity index (χ0v) is 10.4. The van der Waals surface area contributed by atoms with E-state index in [2.05, 4.69) is 0 Å². The fraction of sp³-hybridized carbons (Fsp3) is 0.778. The number of carboxylic acids is 1. The second-order valence-electron chi connectivity index (χ2n) is 4.02. The van der Waals surface area contributed by atoms with Crippen molar-refractivity contribution in [3.8, 4) is 0 Å². The summed E-state index contributed by atoms with van der Waals surface area (Å²) in [7, 11) is -1.68. The van der Waals surface area contributed by atoms with Crippen LogP contribution < -0.4 is 0 Å². The Labute approximate surface area is 99.9 Å². The molecular weight excluding hydrogens is 248 g/mol. The first-order valence-corrected chi connectivity index (χ1v) is 7.06. The predicted octanol–water partition coefficient (Wildman–Crippen LogP) is -0.757. The van der Waals surface area contributed by atoms with Crippen LogP contribution in [0.3, 0.4) is 0 Å². The van der Waals surface area contributed by atoms with E-state index in [1.807, 2.05) is 0 Å². The lowest BCUT2D eigenvalue weighted by atomic mass is 10.4. The van der Waals surface area contributed by atoms with E-state index in [4.69, 9.17) is 5.11 Å². The number of carbonyl (C=O) groups excluding carboxylic acids is 1. The van der Waals surface area contributed by atoms with E-state index in [0.29, 0.717) is 13.0 Å². The maximum Gasteiger partial charge on any atom is 0.323 e. The van der Waals surface area contributed by atoms with E-state index < -0.39 is 21.8 Å². The number of likely N-dealkylation sites (N-methyl/N-ethyl adjacent to an activating group) is 1. The third-order valence-corrected chi connectivity index (χ3v) is 4.24. The Balaban J connectivity index is 2.61. The minimum atomic E-state index is -3.06. The van der Waals surface area contributed by atoms with Gasteiger partial charge in [0.25, 0.3) is 0 Å². The van der Waals surface area contributed by atoms with Crippen LogP contribution >= 0.6 is 0 Å². The predicted molar refractivity (Wildman–Crippen MR) is 60.5 cm³/mol. The quantitative estimate of drug-likeness (QED) is 0.707. The van der Waals surface area contributed by atoms with Crippen molar-refractivity contribution in [3.63, 3.8) is 0 Å². The minimum absolute atomic E-state index is 0.0559. The molecule has 0 unspecified atom stereocenters. The van der Waals surface area contributed by atoms with Crippen LogP contribution in [0, 0.1) is 0 Å². The van der Waals surface area contributed by atoms with Crippen LogP contribution in [0.25, 0.3) is 0 Å². The highest BCUT2D eigenvalue weighted by molar-refractivity contribution is 7.91. The molecule has 1 rings (SSSR count). The van der Waals surface area contributed by atoms with Crippen molar-refractivity contribution in [3.05, 3.63) is 0 Å². The fourth-order valence-corrected chi connectivity index (χ4v) is 2.91. The molecule has 0 aromatic rings. The molecule has 1 fully saturated rings. The van der Waals surface area contributed by atoms with Crippen molar-refractivity contribution in [2.45, 2.75) is 6.42 Å². The lowest BCUT2D eigenvalue weighted by Gasteiger charge is -2.25. The Bertz CT molecular complexity index is 406. The van der Waals surface area contributed by atoms with Crippen molar-refractivity contribution in [2.75, 3.05) is 38.2 Å². The standard InChI is InChI=1S/C9H16N2O5S/c1-10(7-8(12)13)9(14)11-3-2-5-17(15,16)6-4-11/h2-7H2,1H3,(H,12,13). The van der Waals surface area contributed by atoms with Crippen molar-refractivity contribution in [1.82, 2.24) is 9.80 Å². The Morgan fingerprint density at radius 2 is 1.94 bits per heavy atom. The number of carboxylic acid groups (broad SMARTS) is 1. The van der Waals surface area contributed by atoms with Gasteiger partial charge in [-0.25, -0.2) is 13.2 Å². The lowest BCUT2D eigenvalue weighted by Crippen LogP contribution is -2.44. The van der Waals surface area contributed by atoms with E-state index >= 15 is 0 Å². The molecule has 0 aliphatic carbocycles. The van der Waals surface area contributed by atoms with E-state index in [0.717, 1.165) is 4.90 Å². The van der Waals surface area contributed by atoms with Crippen LogP contribution in [0.5, 0.6) is 0 Å². The molecular formula is C9H16N2O5S. The average Bonchev–Trinajstić information content (AvgIpc) is 2.37. The number of carbonyl (C=O) groups is 2. The molecule has 0 aromatic heterocycles. The van der Waals surface area contributed by atoms with Crippen LogP contribution in [0.4, 0.5) is 4.79 Å². The minimum Gasteiger partial charge on any atom is -0.480 e. The molecule has 8 heteroatoms. The van der Waals surface area contributed by atoms with E-state index in [9.17, 15) is 18.0 Å². The summed E-state index contributed by atoms with van der Waals surface area (Å²) in [6, 6.07) is -0.440. The van der Waals surface area contributed by atoms with Crippen LogP contribution in [-0.2, 0) is 14.6 Å². The first-order chi connectivity index (χ1) is 7.82. The molecule has 17 heavy (non-hydrogen) atoms. The average molecular weight is 264 g/mol. The molecule has 1 saturated heterocycles. The van der Waals surface area contributed by atoms with Gasteiger partial charge >= 0.3 is 12.0 Å². The topological polar surface area (TPSA) is 95.0 Å². The number of urea groups is 1. The summed E-state index contributed by atoms with van der Waals surface area (Å²) >= 11 is 0. The van der Waals surface area contributed by atoms with Crippen LogP contribution in [0.15, 0.2) is 0 Å². The molecule has 2 amide bonds. The monoisotopic (exact) mass is 264 g/mol. The molecule has 0 spiro atoms. The SMILES string of the molecule is CN(CC(=O)O)C(=O)N1CCCS(=O)(=O)CC1. The van der Waals surface area contributed by atoms with Crippen LogP contribution in [0.2, 0.25) is 0 Å². The molecule has 0 radical (unpaired) electrons. The highest BCUT2D eigenvalue weighted by atomic mass is 32.2. The van der Waals surface area contributed by atoms with Crippen molar-refractivity contribution >= 4 is 21.8 Å². The third kappa shape index (κ3) is 4.22. The van der Waals surface area contributed by atoms with Gasteiger partial charge in [-0.2, -0.15) is 0 Å². The second kappa shape index (κ2) is 5.35. The molecule has 0 bridgehead atoms. The molecule has 1 N–H and O–H groups in total. The molecule has 0 aromatic carbocycles. The molecule has 0 saturated carbocycles. The number of aliphatic carboxylic acids is 1. The van der Waals surface area contributed by atoms with Gasteiger partial charge in [0.05, 0.1) is 11.5 Å². The number of nitrogens with zero attached hydrogens (tertiary/aromatic N) is 2. The summed E-state index contributed by atoms with van der Waals surface area (Å²) in [5, 5.41) is 8.56. The Hall–Kier alpha value is -1.31. The van der Waals surface area contributed by atoms with Gasteiger partial charge in [0.2, 0.25) is 0 Å². The van der Waals surface area contributed by atoms with Gasteiger partial charge in [-0.1, -0.05) is 0 Å². The molecule has 1 heterocycles. The van der Waals surface area contributed by atoms with Gasteiger partial charge < -0.3 is 14.9 Å². The molecule has 7 nitrogen and oxygen atoms in total. The van der Waals surface area contributed by atoms with Gasteiger partial charge in [-0.15, -0.1) is 0 Å². The largest absolute Gasteiger partial charge is 0.480 e. The van der Waals surface area contributed by atoms with E-state index in [1.54, 1.807) is 0 Å². The molecule has 1 aliphatic heterocycles. The van der Waals surface area contributed by atoms with Crippen molar-refractivity contribution in [1.29, 1.82) is 0 Å². The van der Waals surface area contributed by atoms with Gasteiger partial charge in [0, 0.05) is 20.1 Å². The number of rotatable bonds is 2. The summed E-state index contributed by atoms with van der Waals surface area (Å²) in [6.45, 7) is 0.0925. The van der Waals surface area contributed by atoms with Gasteiger partial charge in [-0.3, -0.25) is 4.79 Å². The molecule has 1 aliphatic rings. The highest BCUT2D eigenvalue weighted by Gasteiger charge is 2.25. The van der Waals surface area contributed by atoms with Crippen LogP contribution in [0.1, 0.15) is 6.42 Å². The maximum atomic E-state index is 11.8. The lowest BCUT2D eigenvalue weighted by molar-refractivity contribution is -0.137. The summed E-state index contributed by atoms with van der Waals surface area (Å²) in [5.41, 5.74) is 0. The Morgan fingerprint density at radius 3 is 2.53 bits per heavy atom. The Morgan fingerprint density at radius 1 is 1.29 bits per heavy atom. The Kier molecular flexibility index (Phi) is 4.33. The summed E-state index contributed by atoms with van der Waals surface area (Å²) in [5.74, 6) is -1.07. The zero-order chi connectivity index (χ0) is 13.1. The maximum absolute atomic E-state index is 11.8. The van der Waals surface area contributed by atoms with Crippen LogP contribution in [-0.4, -0.2) is 73.5 Å². The summed E-state index contributed by atoms with van der Waals surface area (Å²) < 4.78 is 22.7. The number of sulfone groups is 1. The van der Waals surface area contributed by atoms with Gasteiger partial charge in [-0.05, 0) is 6.42 Å². The van der Waals surface area contributed by atoms with Gasteiger partial charge in [0.15, 0.2) is 9.84 Å². The number of hydrogen-bond acceptors (Lipinski definition) is 4. The van der Waals surface area contributed by atoms with Crippen molar-refractivity contribution < 1.29 is 23.1 Å². The van der Waals surface area contributed by atoms with Crippen molar-refractivity contribution in [2.24, 2.45) is 0 Å². The summed E-state index contributed by atoms with van der Waals surface area (Å²) in [4.78, 5) is 24.7. The molecule has 98 valence electrons. The van der Waals surface area contributed by atoms with E-state index in [1.165, 1.54) is 11.9 Å². The number of hydrogen-bond donors (Lipinski definition) is 1. The fourth-order valence-electron chi connectivity index (χ4n) is 1.64. The van der Waals surface area contributed by atoms with E-state index in [-0.39, 0.29) is 24.6 Å². The van der Waals surface area contributed by atoms with Gasteiger partial charge in [0.1, 0.15) is 6.54 Å². The molecule has 0 atom stereocenters. The zero-order valence-electron chi connectivity index (χ0n) is 9.63. The smallest absolute Gasteiger partial charge is 0.323 e. The second-order valence-corrected chi connectivity index (χ2v) is 6.33. The first kappa shape index (κ1) is 13.8.